The van der Waals surface area contributed by atoms with Crippen LogP contribution in [0.15, 0.2) is 54.6 Å². The maximum atomic E-state index is 11.6. The standard InChI is InChI=1S/C29H39O3Si/c1-28(2,3)25-12-9-20-29(30,27(18-15-25)32-33(4)5)21-19-23-13-16-26(17-14-23)31-22-24-10-7-6-8-11-24/h6-8,10-11,13-14,16-17,25,27,30H,9,12,15,18,20,22H2,1-5H3. The average Bonchev–Trinajstić information content (AvgIpc) is 2.77. The molecule has 1 aliphatic rings. The number of hydrogen-bond donors (Lipinski definition) is 1. The van der Waals surface area contributed by atoms with Crippen LogP contribution in [-0.4, -0.2) is 25.9 Å². The summed E-state index contributed by atoms with van der Waals surface area (Å²) in [5, 5.41) is 11.6. The second-order valence-electron chi connectivity index (χ2n) is 10.5. The minimum atomic E-state index is -1.10. The van der Waals surface area contributed by atoms with Gasteiger partial charge in [-0.2, -0.15) is 0 Å². The summed E-state index contributed by atoms with van der Waals surface area (Å²) >= 11 is 0. The average molecular weight is 464 g/mol. The third kappa shape index (κ3) is 7.74. The molecular weight excluding hydrogens is 424 g/mol. The van der Waals surface area contributed by atoms with E-state index in [0.29, 0.717) is 18.9 Å². The van der Waals surface area contributed by atoms with Crippen molar-refractivity contribution in [3.63, 3.8) is 0 Å². The molecule has 0 saturated heterocycles. The second kappa shape index (κ2) is 11.4. The van der Waals surface area contributed by atoms with Gasteiger partial charge in [0.1, 0.15) is 18.0 Å². The normalized spacial score (nSPS) is 23.8. The first-order valence-electron chi connectivity index (χ1n) is 12.1. The third-order valence-corrected chi connectivity index (χ3v) is 7.31. The Bertz CT molecular complexity index is 921. The highest BCUT2D eigenvalue weighted by Crippen LogP contribution is 2.39. The predicted octanol–water partition coefficient (Wildman–Crippen LogP) is 6.61. The van der Waals surface area contributed by atoms with Crippen molar-refractivity contribution in [2.75, 3.05) is 0 Å². The first-order valence-corrected chi connectivity index (χ1v) is 14.6. The molecule has 0 spiro atoms. The molecule has 3 unspecified atom stereocenters. The molecule has 4 heteroatoms. The third-order valence-electron chi connectivity index (χ3n) is 6.55. The van der Waals surface area contributed by atoms with E-state index < -0.39 is 14.6 Å². The van der Waals surface area contributed by atoms with Crippen molar-refractivity contribution in [1.29, 1.82) is 0 Å². The van der Waals surface area contributed by atoms with Crippen molar-refractivity contribution in [3.8, 4) is 17.6 Å². The molecule has 0 aromatic heterocycles. The summed E-state index contributed by atoms with van der Waals surface area (Å²) in [4.78, 5) is 0. The van der Waals surface area contributed by atoms with E-state index in [4.69, 9.17) is 9.16 Å². The van der Waals surface area contributed by atoms with Gasteiger partial charge in [0.2, 0.25) is 9.04 Å². The minimum Gasteiger partial charge on any atom is -0.489 e. The summed E-state index contributed by atoms with van der Waals surface area (Å²) in [7, 11) is -0.945. The fraction of sp³-hybridized carbons (Fsp3) is 0.517. The maximum absolute atomic E-state index is 11.6. The number of benzene rings is 2. The summed E-state index contributed by atoms with van der Waals surface area (Å²) in [6, 6.07) is 17.9. The van der Waals surface area contributed by atoms with Gasteiger partial charge in [-0.3, -0.25) is 0 Å². The molecule has 177 valence electrons. The highest BCUT2D eigenvalue weighted by molar-refractivity contribution is 6.48. The van der Waals surface area contributed by atoms with Crippen molar-refractivity contribution in [2.45, 2.75) is 84.3 Å². The smallest absolute Gasteiger partial charge is 0.205 e. The van der Waals surface area contributed by atoms with E-state index in [1.807, 2.05) is 42.5 Å². The largest absolute Gasteiger partial charge is 0.489 e. The highest BCUT2D eigenvalue weighted by Gasteiger charge is 2.39. The number of rotatable bonds is 5. The van der Waals surface area contributed by atoms with Gasteiger partial charge in [0.25, 0.3) is 0 Å². The summed E-state index contributed by atoms with van der Waals surface area (Å²) in [6.45, 7) is 11.8. The lowest BCUT2D eigenvalue weighted by molar-refractivity contribution is -0.0432. The van der Waals surface area contributed by atoms with E-state index in [1.165, 1.54) is 0 Å². The first kappa shape index (κ1) is 25.6. The molecule has 2 aromatic rings. The van der Waals surface area contributed by atoms with Crippen molar-refractivity contribution >= 4 is 9.04 Å². The number of hydrogen-bond acceptors (Lipinski definition) is 3. The Morgan fingerprint density at radius 3 is 2.33 bits per heavy atom. The summed E-state index contributed by atoms with van der Waals surface area (Å²) < 4.78 is 12.2. The van der Waals surface area contributed by atoms with Crippen LogP contribution in [0.5, 0.6) is 5.75 Å². The van der Waals surface area contributed by atoms with Gasteiger partial charge in [-0.1, -0.05) is 62.9 Å². The van der Waals surface area contributed by atoms with E-state index in [0.717, 1.165) is 42.6 Å². The Labute approximate surface area is 202 Å². The first-order chi connectivity index (χ1) is 15.7. The van der Waals surface area contributed by atoms with Gasteiger partial charge in [0, 0.05) is 5.56 Å². The number of ether oxygens (including phenoxy) is 1. The lowest BCUT2D eigenvalue weighted by Crippen LogP contribution is -2.46. The molecule has 0 heterocycles. The molecule has 1 fully saturated rings. The Morgan fingerprint density at radius 2 is 1.70 bits per heavy atom. The van der Waals surface area contributed by atoms with Crippen LogP contribution >= 0.6 is 0 Å². The molecule has 1 N–H and O–H groups in total. The van der Waals surface area contributed by atoms with Gasteiger partial charge in [-0.25, -0.2) is 0 Å². The fourth-order valence-corrected chi connectivity index (χ4v) is 5.40. The van der Waals surface area contributed by atoms with Crippen LogP contribution in [0.25, 0.3) is 0 Å². The van der Waals surface area contributed by atoms with Crippen molar-refractivity contribution in [2.24, 2.45) is 11.3 Å². The van der Waals surface area contributed by atoms with E-state index >= 15 is 0 Å². The maximum Gasteiger partial charge on any atom is 0.205 e. The molecule has 3 rings (SSSR count). The van der Waals surface area contributed by atoms with Crippen LogP contribution in [0.3, 0.4) is 0 Å². The van der Waals surface area contributed by atoms with Gasteiger partial charge in [-0.05, 0) is 86.4 Å². The Hall–Kier alpha value is -2.06. The molecule has 3 atom stereocenters. The zero-order chi connectivity index (χ0) is 23.9. The molecule has 0 bridgehead atoms. The van der Waals surface area contributed by atoms with Crippen LogP contribution in [0.2, 0.25) is 13.1 Å². The lowest BCUT2D eigenvalue weighted by atomic mass is 9.71. The minimum absolute atomic E-state index is 0.229. The molecule has 1 saturated carbocycles. The SMILES string of the molecule is C[Si](C)OC1CCC(C(C)(C)C)CCCC1(O)C#Cc1ccc(OCc2ccccc2)cc1. The number of aliphatic hydroxyl groups is 1. The fourth-order valence-electron chi connectivity index (χ4n) is 4.52. The Balaban J connectivity index is 1.70. The van der Waals surface area contributed by atoms with E-state index in [2.05, 4.69) is 57.8 Å². The lowest BCUT2D eigenvalue weighted by Gasteiger charge is -2.40. The molecule has 1 aliphatic carbocycles. The van der Waals surface area contributed by atoms with Crippen molar-refractivity contribution in [1.82, 2.24) is 0 Å². The summed E-state index contributed by atoms with van der Waals surface area (Å²) in [6.07, 6.45) is 4.45. The van der Waals surface area contributed by atoms with E-state index in [9.17, 15) is 5.11 Å². The monoisotopic (exact) mass is 463 g/mol. The van der Waals surface area contributed by atoms with E-state index in [-0.39, 0.29) is 11.5 Å². The molecular formula is C29H39O3Si. The van der Waals surface area contributed by atoms with E-state index in [1.54, 1.807) is 0 Å². The summed E-state index contributed by atoms with van der Waals surface area (Å²) in [5.74, 6) is 7.91. The Kier molecular flexibility index (Phi) is 8.81. The van der Waals surface area contributed by atoms with Crippen LogP contribution in [-0.2, 0) is 11.0 Å². The van der Waals surface area contributed by atoms with Crippen molar-refractivity contribution in [3.05, 3.63) is 65.7 Å². The Morgan fingerprint density at radius 1 is 1.00 bits per heavy atom. The van der Waals surface area contributed by atoms with Gasteiger partial charge >= 0.3 is 0 Å². The zero-order valence-electron chi connectivity index (χ0n) is 20.9. The molecule has 2 aromatic carbocycles. The molecule has 3 nitrogen and oxygen atoms in total. The van der Waals surface area contributed by atoms with Crippen LogP contribution < -0.4 is 4.74 Å². The second-order valence-corrected chi connectivity index (χ2v) is 12.6. The topological polar surface area (TPSA) is 38.7 Å². The predicted molar refractivity (Wildman–Crippen MR) is 137 cm³/mol. The van der Waals surface area contributed by atoms with Crippen molar-refractivity contribution < 1.29 is 14.3 Å². The molecule has 1 radical (unpaired) electrons. The van der Waals surface area contributed by atoms with Gasteiger partial charge < -0.3 is 14.3 Å². The quantitative estimate of drug-likeness (QED) is 0.400. The molecule has 0 amide bonds. The highest BCUT2D eigenvalue weighted by atomic mass is 28.3. The van der Waals surface area contributed by atoms with Crippen LogP contribution in [0.4, 0.5) is 0 Å². The van der Waals surface area contributed by atoms with Gasteiger partial charge in [0.15, 0.2) is 0 Å². The molecule has 33 heavy (non-hydrogen) atoms. The molecule has 0 aliphatic heterocycles. The van der Waals surface area contributed by atoms with Crippen LogP contribution in [0, 0.1) is 23.2 Å². The van der Waals surface area contributed by atoms with Gasteiger partial charge in [0.05, 0.1) is 6.10 Å². The van der Waals surface area contributed by atoms with Gasteiger partial charge in [-0.15, -0.1) is 0 Å². The zero-order valence-corrected chi connectivity index (χ0v) is 21.9. The van der Waals surface area contributed by atoms with Crippen LogP contribution in [0.1, 0.15) is 64.0 Å². The summed E-state index contributed by atoms with van der Waals surface area (Å²) in [5.41, 5.74) is 1.19.